The van der Waals surface area contributed by atoms with Crippen LogP contribution in [0, 0.1) is 0 Å². The van der Waals surface area contributed by atoms with Crippen molar-refractivity contribution < 1.29 is 9.90 Å². The maximum Gasteiger partial charge on any atom is 0.151 e. The summed E-state index contributed by atoms with van der Waals surface area (Å²) in [5.41, 5.74) is -0.0806. The third-order valence-electron chi connectivity index (χ3n) is 2.09. The highest BCUT2D eigenvalue weighted by molar-refractivity contribution is 9.10. The average molecular weight is 257 g/mol. The van der Waals surface area contributed by atoms with E-state index < -0.39 is 5.60 Å². The Morgan fingerprint density at radius 2 is 2.00 bits per heavy atom. The van der Waals surface area contributed by atoms with Gasteiger partial charge in [0.2, 0.25) is 0 Å². The Balaban J connectivity index is 2.54. The van der Waals surface area contributed by atoms with Gasteiger partial charge in [-0.3, -0.25) is 0 Å². The Hall–Kier alpha value is -0.670. The first kappa shape index (κ1) is 11.4. The van der Waals surface area contributed by atoms with E-state index in [0.29, 0.717) is 19.1 Å². The van der Waals surface area contributed by atoms with E-state index in [1.54, 1.807) is 0 Å². The zero-order chi connectivity index (χ0) is 10.6. The van der Waals surface area contributed by atoms with Gasteiger partial charge in [0.25, 0.3) is 0 Å². The van der Waals surface area contributed by atoms with Crippen LogP contribution in [0.15, 0.2) is 28.7 Å². The molecule has 0 aliphatic rings. The molecule has 0 amide bonds. The molecular weight excluding hydrogens is 244 g/mol. The Bertz CT molecular complexity index is 304. The van der Waals surface area contributed by atoms with Crippen molar-refractivity contribution in [1.29, 1.82) is 0 Å². The summed E-state index contributed by atoms with van der Waals surface area (Å²) in [4.78, 5) is 10.4. The van der Waals surface area contributed by atoms with Crippen molar-refractivity contribution in [2.45, 2.75) is 25.4 Å². The van der Waals surface area contributed by atoms with Gasteiger partial charge < -0.3 is 9.90 Å². The Morgan fingerprint density at radius 3 is 2.50 bits per heavy atom. The summed E-state index contributed by atoms with van der Waals surface area (Å²) in [6, 6.07) is 7.85. The van der Waals surface area contributed by atoms with Crippen molar-refractivity contribution >= 4 is 22.2 Å². The van der Waals surface area contributed by atoms with Crippen LogP contribution in [0.2, 0.25) is 0 Å². The summed E-state index contributed by atoms with van der Waals surface area (Å²) in [5, 5.41) is 9.46. The van der Waals surface area contributed by atoms with Crippen LogP contribution in [-0.2, 0) is 11.2 Å². The topological polar surface area (TPSA) is 37.3 Å². The van der Waals surface area contributed by atoms with Crippen LogP contribution < -0.4 is 0 Å². The number of rotatable bonds is 4. The lowest BCUT2D eigenvalue weighted by Crippen LogP contribution is -2.26. The molecule has 2 nitrogen and oxygen atoms in total. The minimum absolute atomic E-state index is 0.456. The number of carbonyl (C=O) groups excluding carboxylic acids is 1. The van der Waals surface area contributed by atoms with Gasteiger partial charge in [-0.05, 0) is 37.5 Å². The van der Waals surface area contributed by atoms with Crippen molar-refractivity contribution in [3.63, 3.8) is 0 Å². The number of hydrogen-bond donors (Lipinski definition) is 1. The fraction of sp³-hybridized carbons (Fsp3) is 0.364. The van der Waals surface area contributed by atoms with Crippen molar-refractivity contribution in [2.24, 2.45) is 0 Å². The van der Waals surface area contributed by atoms with Gasteiger partial charge in [0.15, 0.2) is 6.29 Å². The minimum atomic E-state index is -1.20. The molecule has 1 aromatic rings. The number of halogens is 1. The van der Waals surface area contributed by atoms with E-state index in [1.807, 2.05) is 24.3 Å². The SMILES string of the molecule is CC(O)(C=O)CCc1ccc(Br)cc1. The predicted molar refractivity (Wildman–Crippen MR) is 59.2 cm³/mol. The predicted octanol–water partition coefficient (Wildman–Crippen LogP) is 2.33. The molecule has 0 saturated carbocycles. The lowest BCUT2D eigenvalue weighted by Gasteiger charge is -2.14. The number of benzene rings is 1. The van der Waals surface area contributed by atoms with Crippen molar-refractivity contribution in [2.75, 3.05) is 0 Å². The van der Waals surface area contributed by atoms with Gasteiger partial charge in [-0.15, -0.1) is 0 Å². The standard InChI is InChI=1S/C11H13BrO2/c1-11(14,8-13)7-6-9-2-4-10(12)5-3-9/h2-5,8,14H,6-7H2,1H3. The number of aldehydes is 1. The maximum absolute atomic E-state index is 10.4. The first-order chi connectivity index (χ1) is 6.53. The van der Waals surface area contributed by atoms with E-state index in [-0.39, 0.29) is 0 Å². The molecule has 0 saturated heterocycles. The van der Waals surface area contributed by atoms with Crippen LogP contribution >= 0.6 is 15.9 Å². The van der Waals surface area contributed by atoms with E-state index in [1.165, 1.54) is 6.92 Å². The summed E-state index contributed by atoms with van der Waals surface area (Å²) < 4.78 is 1.03. The quantitative estimate of drug-likeness (QED) is 0.840. The highest BCUT2D eigenvalue weighted by Crippen LogP contribution is 2.15. The van der Waals surface area contributed by atoms with Crippen molar-refractivity contribution in [3.8, 4) is 0 Å². The third kappa shape index (κ3) is 3.60. The largest absolute Gasteiger partial charge is 0.383 e. The molecule has 0 spiro atoms. The molecule has 0 radical (unpaired) electrons. The molecule has 0 bridgehead atoms. The molecule has 1 unspecified atom stereocenters. The molecule has 0 aliphatic heterocycles. The molecule has 14 heavy (non-hydrogen) atoms. The van der Waals surface area contributed by atoms with Crippen molar-refractivity contribution in [1.82, 2.24) is 0 Å². The fourth-order valence-electron chi connectivity index (χ4n) is 1.11. The normalized spacial score (nSPS) is 14.8. The summed E-state index contributed by atoms with van der Waals surface area (Å²) in [6.07, 6.45) is 1.75. The number of carbonyl (C=O) groups is 1. The average Bonchev–Trinajstić information content (AvgIpc) is 2.17. The minimum Gasteiger partial charge on any atom is -0.383 e. The van der Waals surface area contributed by atoms with Crippen LogP contribution in [0.1, 0.15) is 18.9 Å². The maximum atomic E-state index is 10.4. The second-order valence-electron chi connectivity index (χ2n) is 3.60. The van der Waals surface area contributed by atoms with Crippen molar-refractivity contribution in [3.05, 3.63) is 34.3 Å². The smallest absolute Gasteiger partial charge is 0.151 e. The van der Waals surface area contributed by atoms with Crippen LogP contribution in [0.4, 0.5) is 0 Å². The van der Waals surface area contributed by atoms with Gasteiger partial charge in [0.05, 0.1) is 0 Å². The third-order valence-corrected chi connectivity index (χ3v) is 2.62. The Labute approximate surface area is 92.1 Å². The van der Waals surface area contributed by atoms with Crippen LogP contribution in [0.3, 0.4) is 0 Å². The molecule has 1 rings (SSSR count). The lowest BCUT2D eigenvalue weighted by atomic mass is 9.98. The molecular formula is C11H13BrO2. The number of aliphatic hydroxyl groups is 1. The van der Waals surface area contributed by atoms with E-state index >= 15 is 0 Å². The number of hydrogen-bond acceptors (Lipinski definition) is 2. The first-order valence-electron chi connectivity index (χ1n) is 4.47. The highest BCUT2D eigenvalue weighted by Gasteiger charge is 2.18. The Kier molecular flexibility index (Phi) is 3.84. The molecule has 0 fully saturated rings. The first-order valence-corrected chi connectivity index (χ1v) is 5.26. The van der Waals surface area contributed by atoms with Gasteiger partial charge in [-0.1, -0.05) is 28.1 Å². The van der Waals surface area contributed by atoms with Gasteiger partial charge in [0.1, 0.15) is 5.60 Å². The van der Waals surface area contributed by atoms with Gasteiger partial charge >= 0.3 is 0 Å². The second-order valence-corrected chi connectivity index (χ2v) is 4.52. The van der Waals surface area contributed by atoms with Crippen LogP contribution in [0.5, 0.6) is 0 Å². The summed E-state index contributed by atoms with van der Waals surface area (Å²) >= 11 is 3.34. The molecule has 76 valence electrons. The molecule has 1 N–H and O–H groups in total. The highest BCUT2D eigenvalue weighted by atomic mass is 79.9. The van der Waals surface area contributed by atoms with Crippen LogP contribution in [0.25, 0.3) is 0 Å². The van der Waals surface area contributed by atoms with E-state index in [2.05, 4.69) is 15.9 Å². The zero-order valence-corrected chi connectivity index (χ0v) is 9.62. The lowest BCUT2D eigenvalue weighted by molar-refractivity contribution is -0.122. The molecule has 0 aliphatic carbocycles. The van der Waals surface area contributed by atoms with E-state index in [9.17, 15) is 9.90 Å². The molecule has 0 heterocycles. The second kappa shape index (κ2) is 4.71. The molecule has 3 heteroatoms. The molecule has 1 atom stereocenters. The fourth-order valence-corrected chi connectivity index (χ4v) is 1.37. The van der Waals surface area contributed by atoms with Gasteiger partial charge in [0, 0.05) is 4.47 Å². The van der Waals surface area contributed by atoms with Gasteiger partial charge in [-0.2, -0.15) is 0 Å². The Morgan fingerprint density at radius 1 is 1.43 bits per heavy atom. The van der Waals surface area contributed by atoms with Gasteiger partial charge in [-0.25, -0.2) is 0 Å². The summed E-state index contributed by atoms with van der Waals surface area (Å²) in [5.74, 6) is 0. The van der Waals surface area contributed by atoms with E-state index in [4.69, 9.17) is 0 Å². The van der Waals surface area contributed by atoms with E-state index in [0.717, 1.165) is 10.0 Å². The number of aryl methyl sites for hydroxylation is 1. The monoisotopic (exact) mass is 256 g/mol. The molecule has 0 aromatic heterocycles. The van der Waals surface area contributed by atoms with Crippen LogP contribution in [-0.4, -0.2) is 17.0 Å². The molecule has 1 aromatic carbocycles. The zero-order valence-electron chi connectivity index (χ0n) is 8.03. The summed E-state index contributed by atoms with van der Waals surface area (Å²) in [6.45, 7) is 1.53. The summed E-state index contributed by atoms with van der Waals surface area (Å²) in [7, 11) is 0.